The Morgan fingerprint density at radius 2 is 2.19 bits per heavy atom. The highest BCUT2D eigenvalue weighted by Crippen LogP contribution is 2.34. The molecule has 1 aromatic rings. The first-order chi connectivity index (χ1) is 12.7. The molecule has 2 N–H and O–H groups in total. The van der Waals surface area contributed by atoms with Crippen molar-refractivity contribution >= 4 is 11.8 Å². The Morgan fingerprint density at radius 1 is 1.41 bits per heavy atom. The lowest BCUT2D eigenvalue weighted by molar-refractivity contribution is 0.0523. The standard InChI is InChI=1S/C21H31N3O3/c1-14-11-19(23-27-14)24(5)17-9-10-18-15(12-17)7-6-8-16(18)13-22-20(25)26-21(2,3)4/h9-12,16,19,23H,6-8,13H2,1-5H3,(H,22,25)/t16-,19?/m0/s1. The van der Waals surface area contributed by atoms with E-state index in [1.165, 1.54) is 11.1 Å². The first-order valence-corrected chi connectivity index (χ1v) is 9.66. The summed E-state index contributed by atoms with van der Waals surface area (Å²) >= 11 is 0. The van der Waals surface area contributed by atoms with Crippen LogP contribution in [0.5, 0.6) is 0 Å². The molecule has 1 heterocycles. The summed E-state index contributed by atoms with van der Waals surface area (Å²) in [6.45, 7) is 8.18. The highest BCUT2D eigenvalue weighted by atomic mass is 16.7. The van der Waals surface area contributed by atoms with Crippen molar-refractivity contribution in [3.63, 3.8) is 0 Å². The van der Waals surface area contributed by atoms with Crippen molar-refractivity contribution in [1.82, 2.24) is 10.8 Å². The molecule has 1 aliphatic heterocycles. The van der Waals surface area contributed by atoms with E-state index in [9.17, 15) is 4.79 Å². The van der Waals surface area contributed by atoms with Crippen LogP contribution in [0, 0.1) is 0 Å². The molecule has 0 aromatic heterocycles. The second-order valence-electron chi connectivity index (χ2n) is 8.41. The van der Waals surface area contributed by atoms with E-state index < -0.39 is 5.60 Å². The summed E-state index contributed by atoms with van der Waals surface area (Å²) in [7, 11) is 2.06. The fourth-order valence-corrected chi connectivity index (χ4v) is 3.65. The van der Waals surface area contributed by atoms with Gasteiger partial charge in [-0.1, -0.05) is 6.07 Å². The van der Waals surface area contributed by atoms with Crippen LogP contribution in [0.3, 0.4) is 0 Å². The van der Waals surface area contributed by atoms with Crippen LogP contribution in [0.2, 0.25) is 0 Å². The summed E-state index contributed by atoms with van der Waals surface area (Å²) in [6, 6.07) is 6.61. The van der Waals surface area contributed by atoms with Gasteiger partial charge in [0.15, 0.2) is 0 Å². The number of nitrogens with one attached hydrogen (secondary N) is 2. The summed E-state index contributed by atoms with van der Waals surface area (Å²) in [5.41, 5.74) is 6.39. The Bertz CT molecular complexity index is 724. The van der Waals surface area contributed by atoms with Crippen LogP contribution >= 0.6 is 0 Å². The van der Waals surface area contributed by atoms with Gasteiger partial charge in [-0.15, -0.1) is 5.48 Å². The number of hydrogen-bond donors (Lipinski definition) is 2. The number of carbonyl (C=O) groups excluding carboxylic acids is 1. The molecule has 0 fully saturated rings. The molecule has 0 bridgehead atoms. The molecule has 148 valence electrons. The molecule has 6 heteroatoms. The van der Waals surface area contributed by atoms with Crippen LogP contribution in [0.25, 0.3) is 0 Å². The number of alkyl carbamates (subject to hydrolysis) is 1. The third kappa shape index (κ3) is 4.95. The lowest BCUT2D eigenvalue weighted by atomic mass is 9.82. The van der Waals surface area contributed by atoms with Gasteiger partial charge in [-0.3, -0.25) is 0 Å². The van der Waals surface area contributed by atoms with E-state index in [0.717, 1.165) is 30.7 Å². The van der Waals surface area contributed by atoms with Crippen molar-refractivity contribution in [1.29, 1.82) is 0 Å². The van der Waals surface area contributed by atoms with Crippen LogP contribution in [0.4, 0.5) is 10.5 Å². The highest BCUT2D eigenvalue weighted by molar-refractivity contribution is 5.67. The number of benzene rings is 1. The largest absolute Gasteiger partial charge is 0.444 e. The van der Waals surface area contributed by atoms with Crippen molar-refractivity contribution in [2.75, 3.05) is 18.5 Å². The van der Waals surface area contributed by atoms with E-state index in [-0.39, 0.29) is 12.3 Å². The van der Waals surface area contributed by atoms with Gasteiger partial charge in [-0.25, -0.2) is 4.79 Å². The third-order valence-corrected chi connectivity index (χ3v) is 5.01. The van der Waals surface area contributed by atoms with Crippen molar-refractivity contribution in [2.45, 2.75) is 64.6 Å². The van der Waals surface area contributed by atoms with Crippen LogP contribution in [-0.4, -0.2) is 31.5 Å². The summed E-state index contributed by atoms with van der Waals surface area (Å²) in [4.78, 5) is 19.5. The zero-order valence-electron chi connectivity index (χ0n) is 17.0. The van der Waals surface area contributed by atoms with Crippen molar-refractivity contribution in [3.05, 3.63) is 41.2 Å². The maximum Gasteiger partial charge on any atom is 0.407 e. The van der Waals surface area contributed by atoms with E-state index >= 15 is 0 Å². The van der Waals surface area contributed by atoms with E-state index in [1.54, 1.807) is 0 Å². The number of carbonyl (C=O) groups is 1. The summed E-state index contributed by atoms with van der Waals surface area (Å²) in [5, 5.41) is 2.93. The van der Waals surface area contributed by atoms with Gasteiger partial charge in [0.1, 0.15) is 17.5 Å². The van der Waals surface area contributed by atoms with Crippen LogP contribution in [0.1, 0.15) is 57.6 Å². The van der Waals surface area contributed by atoms with Gasteiger partial charge in [-0.05, 0) is 76.3 Å². The van der Waals surface area contributed by atoms with E-state index in [0.29, 0.717) is 12.5 Å². The minimum atomic E-state index is -0.473. The SMILES string of the molecule is CC1=CC(N(C)c2ccc3c(c2)CCC[C@H]3CNC(=O)OC(C)(C)C)NO1. The Hall–Kier alpha value is -2.21. The third-order valence-electron chi connectivity index (χ3n) is 5.01. The van der Waals surface area contributed by atoms with Crippen LogP contribution in [0.15, 0.2) is 30.0 Å². The number of hydroxylamine groups is 1. The number of nitrogens with zero attached hydrogens (tertiary/aromatic N) is 1. The van der Waals surface area contributed by atoms with Gasteiger partial charge < -0.3 is 19.8 Å². The first kappa shape index (κ1) is 19.5. The molecule has 1 aromatic carbocycles. The maximum atomic E-state index is 12.0. The number of amides is 1. The Labute approximate surface area is 161 Å². The molecule has 2 atom stereocenters. The molecule has 3 rings (SSSR count). The smallest absolute Gasteiger partial charge is 0.407 e. The fraction of sp³-hybridized carbons (Fsp3) is 0.571. The number of fused-ring (bicyclic) bond motifs is 1. The number of rotatable bonds is 4. The van der Waals surface area contributed by atoms with E-state index in [1.807, 2.05) is 27.7 Å². The predicted octanol–water partition coefficient (Wildman–Crippen LogP) is 3.83. The average molecular weight is 373 g/mol. The normalized spacial score (nSPS) is 21.7. The van der Waals surface area contributed by atoms with Gasteiger partial charge in [0.25, 0.3) is 0 Å². The lowest BCUT2D eigenvalue weighted by Crippen LogP contribution is -2.38. The number of anilines is 1. The maximum absolute atomic E-state index is 12.0. The number of hydrogen-bond acceptors (Lipinski definition) is 5. The fourth-order valence-electron chi connectivity index (χ4n) is 3.65. The molecule has 0 spiro atoms. The summed E-state index contributed by atoms with van der Waals surface area (Å²) in [6.07, 6.45) is 5.04. The van der Waals surface area contributed by atoms with Crippen molar-refractivity contribution in [3.8, 4) is 0 Å². The van der Waals surface area contributed by atoms with Gasteiger partial charge >= 0.3 is 6.09 Å². The molecule has 0 saturated heterocycles. The highest BCUT2D eigenvalue weighted by Gasteiger charge is 2.24. The van der Waals surface area contributed by atoms with Gasteiger partial charge in [0, 0.05) is 25.2 Å². The molecular weight excluding hydrogens is 342 g/mol. The lowest BCUT2D eigenvalue weighted by Gasteiger charge is -2.30. The number of aryl methyl sites for hydroxylation is 1. The predicted molar refractivity (Wildman–Crippen MR) is 107 cm³/mol. The van der Waals surface area contributed by atoms with Gasteiger partial charge in [-0.2, -0.15) is 0 Å². The van der Waals surface area contributed by atoms with Crippen LogP contribution < -0.4 is 15.7 Å². The number of ether oxygens (including phenoxy) is 1. The summed E-state index contributed by atoms with van der Waals surface area (Å²) in [5.74, 6) is 1.22. The second kappa shape index (κ2) is 7.80. The second-order valence-corrected chi connectivity index (χ2v) is 8.41. The number of allylic oxidation sites excluding steroid dienone is 1. The molecule has 27 heavy (non-hydrogen) atoms. The molecule has 0 radical (unpaired) electrons. The molecule has 1 amide bonds. The molecular formula is C21H31N3O3. The van der Waals surface area contributed by atoms with Gasteiger partial charge in [0.2, 0.25) is 0 Å². The molecule has 1 aliphatic carbocycles. The minimum Gasteiger partial charge on any atom is -0.444 e. The monoisotopic (exact) mass is 373 g/mol. The van der Waals surface area contributed by atoms with Crippen molar-refractivity contribution in [2.24, 2.45) is 0 Å². The Kier molecular flexibility index (Phi) is 5.65. The Balaban J connectivity index is 1.67. The molecule has 2 aliphatic rings. The van der Waals surface area contributed by atoms with E-state index in [2.05, 4.69) is 47.0 Å². The molecule has 6 nitrogen and oxygen atoms in total. The summed E-state index contributed by atoms with van der Waals surface area (Å²) < 4.78 is 5.35. The Morgan fingerprint density at radius 3 is 2.85 bits per heavy atom. The topological polar surface area (TPSA) is 62.8 Å². The number of likely N-dealkylation sites (N-methyl/N-ethyl adjacent to an activating group) is 1. The zero-order valence-corrected chi connectivity index (χ0v) is 17.0. The van der Waals surface area contributed by atoms with Crippen molar-refractivity contribution < 1.29 is 14.4 Å². The van der Waals surface area contributed by atoms with Gasteiger partial charge in [0.05, 0.1) is 0 Å². The van der Waals surface area contributed by atoms with E-state index in [4.69, 9.17) is 9.57 Å². The first-order valence-electron chi connectivity index (χ1n) is 9.66. The molecule has 0 saturated carbocycles. The van der Waals surface area contributed by atoms with Crippen LogP contribution in [-0.2, 0) is 16.0 Å². The minimum absolute atomic E-state index is 0.0382. The quantitative estimate of drug-likeness (QED) is 0.840. The molecule has 1 unspecified atom stereocenters. The zero-order chi connectivity index (χ0) is 19.6. The average Bonchev–Trinajstić information content (AvgIpc) is 3.03.